The fourth-order valence-electron chi connectivity index (χ4n) is 1.86. The summed E-state index contributed by atoms with van der Waals surface area (Å²) in [5.74, 6) is -0.919. The zero-order valence-electron chi connectivity index (χ0n) is 10.3. The Bertz CT molecular complexity index is 583. The van der Waals surface area contributed by atoms with Gasteiger partial charge in [-0.05, 0) is 12.1 Å². The van der Waals surface area contributed by atoms with Gasteiger partial charge in [-0.3, -0.25) is 4.79 Å². The Morgan fingerprint density at radius 2 is 2.17 bits per heavy atom. The number of hydrogen-bond donors (Lipinski definition) is 0. The molecule has 0 saturated carbocycles. The molecule has 0 aliphatic heterocycles. The number of para-hydroxylation sites is 1. The van der Waals surface area contributed by atoms with Crippen molar-refractivity contribution < 1.29 is 13.9 Å². The van der Waals surface area contributed by atoms with Crippen LogP contribution in [0.25, 0.3) is 10.9 Å². The van der Waals surface area contributed by atoms with Crippen LogP contribution in [0.4, 0.5) is 4.39 Å². The number of methoxy groups -OCH3 is 1. The average molecular weight is 247 g/mol. The van der Waals surface area contributed by atoms with Gasteiger partial charge < -0.3 is 4.74 Å². The van der Waals surface area contributed by atoms with Crippen LogP contribution in [0.5, 0.6) is 0 Å². The monoisotopic (exact) mass is 247 g/mol. The molecule has 1 atom stereocenters. The van der Waals surface area contributed by atoms with E-state index in [2.05, 4.69) is 9.72 Å². The summed E-state index contributed by atoms with van der Waals surface area (Å²) in [7, 11) is 1.35. The molecule has 0 amide bonds. The molecule has 3 nitrogen and oxygen atoms in total. The molecule has 0 fully saturated rings. The third kappa shape index (κ3) is 2.47. The number of hydrogen-bond acceptors (Lipinski definition) is 3. The van der Waals surface area contributed by atoms with Crippen molar-refractivity contribution in [3.8, 4) is 0 Å². The lowest BCUT2D eigenvalue weighted by Crippen LogP contribution is -2.15. The summed E-state index contributed by atoms with van der Waals surface area (Å²) in [6.45, 7) is 1.76. The topological polar surface area (TPSA) is 39.2 Å². The zero-order chi connectivity index (χ0) is 13.1. The molecule has 1 aromatic heterocycles. The minimum Gasteiger partial charge on any atom is -0.469 e. The SMILES string of the molecule is COC(=O)C(C)Cc1ccc2cccc(F)c2n1. The van der Waals surface area contributed by atoms with Crippen molar-refractivity contribution in [3.05, 3.63) is 41.8 Å². The minimum absolute atomic E-state index is 0.285. The molecule has 1 unspecified atom stereocenters. The van der Waals surface area contributed by atoms with E-state index in [1.54, 1.807) is 25.1 Å². The van der Waals surface area contributed by atoms with E-state index in [0.29, 0.717) is 17.6 Å². The molecule has 18 heavy (non-hydrogen) atoms. The average Bonchev–Trinajstić information content (AvgIpc) is 2.38. The van der Waals surface area contributed by atoms with Gasteiger partial charge in [-0.1, -0.05) is 25.1 Å². The Morgan fingerprint density at radius 1 is 1.39 bits per heavy atom. The van der Waals surface area contributed by atoms with Gasteiger partial charge in [0.1, 0.15) is 11.3 Å². The van der Waals surface area contributed by atoms with Crippen molar-refractivity contribution in [3.63, 3.8) is 0 Å². The van der Waals surface area contributed by atoms with Crippen LogP contribution in [-0.4, -0.2) is 18.1 Å². The molecule has 0 saturated heterocycles. The van der Waals surface area contributed by atoms with Gasteiger partial charge in [0.25, 0.3) is 0 Å². The molecular weight excluding hydrogens is 233 g/mol. The number of benzene rings is 1. The molecule has 0 spiro atoms. The van der Waals surface area contributed by atoms with Crippen molar-refractivity contribution in [1.29, 1.82) is 0 Å². The van der Waals surface area contributed by atoms with Crippen LogP contribution in [-0.2, 0) is 16.0 Å². The van der Waals surface area contributed by atoms with Crippen LogP contribution in [0.1, 0.15) is 12.6 Å². The first-order chi connectivity index (χ1) is 8.61. The maximum Gasteiger partial charge on any atom is 0.308 e. The Hall–Kier alpha value is -1.97. The van der Waals surface area contributed by atoms with Crippen molar-refractivity contribution in [1.82, 2.24) is 4.98 Å². The third-order valence-electron chi connectivity index (χ3n) is 2.85. The van der Waals surface area contributed by atoms with Gasteiger partial charge in [0, 0.05) is 17.5 Å². The number of aromatic nitrogens is 1. The highest BCUT2D eigenvalue weighted by Crippen LogP contribution is 2.17. The maximum atomic E-state index is 13.6. The van der Waals surface area contributed by atoms with E-state index < -0.39 is 0 Å². The molecule has 4 heteroatoms. The number of rotatable bonds is 3. The van der Waals surface area contributed by atoms with Crippen molar-refractivity contribution in [2.45, 2.75) is 13.3 Å². The standard InChI is InChI=1S/C14H14FNO2/c1-9(14(17)18-2)8-11-7-6-10-4-3-5-12(15)13(10)16-11/h3-7,9H,8H2,1-2H3. The Labute approximate surface area is 105 Å². The number of fused-ring (bicyclic) bond motifs is 1. The van der Waals surface area contributed by atoms with Gasteiger partial charge >= 0.3 is 5.97 Å². The molecule has 0 radical (unpaired) electrons. The second-order valence-corrected chi connectivity index (χ2v) is 4.24. The van der Waals surface area contributed by atoms with E-state index in [0.717, 1.165) is 5.39 Å². The second-order valence-electron chi connectivity index (χ2n) is 4.24. The predicted molar refractivity (Wildman–Crippen MR) is 66.6 cm³/mol. The lowest BCUT2D eigenvalue weighted by Gasteiger charge is -2.09. The van der Waals surface area contributed by atoms with Crippen molar-refractivity contribution >= 4 is 16.9 Å². The Kier molecular flexibility index (Phi) is 3.55. The van der Waals surface area contributed by atoms with Gasteiger partial charge in [0.2, 0.25) is 0 Å². The van der Waals surface area contributed by atoms with Crippen LogP contribution in [0.2, 0.25) is 0 Å². The third-order valence-corrected chi connectivity index (χ3v) is 2.85. The minimum atomic E-state index is -0.347. The molecule has 94 valence electrons. The van der Waals surface area contributed by atoms with Gasteiger partial charge in [-0.25, -0.2) is 9.37 Å². The molecule has 2 rings (SSSR count). The Balaban J connectivity index is 2.30. The molecular formula is C14H14FNO2. The van der Waals surface area contributed by atoms with E-state index >= 15 is 0 Å². The number of nitrogens with zero attached hydrogens (tertiary/aromatic N) is 1. The summed E-state index contributed by atoms with van der Waals surface area (Å²) in [6.07, 6.45) is 0.441. The normalized spacial score (nSPS) is 12.4. The van der Waals surface area contributed by atoms with E-state index in [1.807, 2.05) is 6.07 Å². The van der Waals surface area contributed by atoms with Gasteiger partial charge in [-0.2, -0.15) is 0 Å². The van der Waals surface area contributed by atoms with Gasteiger partial charge in [0.05, 0.1) is 13.0 Å². The summed E-state index contributed by atoms with van der Waals surface area (Å²) in [5, 5.41) is 0.754. The van der Waals surface area contributed by atoms with Crippen molar-refractivity contribution in [2.75, 3.05) is 7.11 Å². The van der Waals surface area contributed by atoms with E-state index in [9.17, 15) is 9.18 Å². The van der Waals surface area contributed by atoms with Crippen LogP contribution < -0.4 is 0 Å². The van der Waals surface area contributed by atoms with Gasteiger partial charge in [-0.15, -0.1) is 0 Å². The molecule has 0 aliphatic rings. The molecule has 0 aliphatic carbocycles. The molecule has 0 N–H and O–H groups in total. The zero-order valence-corrected chi connectivity index (χ0v) is 10.3. The summed E-state index contributed by atoms with van der Waals surface area (Å²) in [5.41, 5.74) is 1.03. The van der Waals surface area contributed by atoms with E-state index in [-0.39, 0.29) is 17.7 Å². The summed E-state index contributed by atoms with van der Waals surface area (Å²) in [6, 6.07) is 8.45. The first-order valence-corrected chi connectivity index (χ1v) is 5.74. The first-order valence-electron chi connectivity index (χ1n) is 5.74. The fraction of sp³-hybridized carbons (Fsp3) is 0.286. The highest BCUT2D eigenvalue weighted by atomic mass is 19.1. The van der Waals surface area contributed by atoms with E-state index in [4.69, 9.17) is 0 Å². The molecule has 1 heterocycles. The van der Waals surface area contributed by atoms with E-state index in [1.165, 1.54) is 13.2 Å². The summed E-state index contributed by atoms with van der Waals surface area (Å²) >= 11 is 0. The highest BCUT2D eigenvalue weighted by molar-refractivity contribution is 5.79. The quantitative estimate of drug-likeness (QED) is 0.783. The maximum absolute atomic E-state index is 13.6. The fourth-order valence-corrected chi connectivity index (χ4v) is 1.86. The van der Waals surface area contributed by atoms with Crippen molar-refractivity contribution in [2.24, 2.45) is 5.92 Å². The highest BCUT2D eigenvalue weighted by Gasteiger charge is 2.15. The molecule has 1 aromatic carbocycles. The lowest BCUT2D eigenvalue weighted by atomic mass is 10.0. The number of carbonyl (C=O) groups is 1. The smallest absolute Gasteiger partial charge is 0.308 e. The summed E-state index contributed by atoms with van der Waals surface area (Å²) in [4.78, 5) is 15.6. The second kappa shape index (κ2) is 5.12. The van der Waals surface area contributed by atoms with Crippen LogP contribution >= 0.6 is 0 Å². The number of carbonyl (C=O) groups excluding carboxylic acids is 1. The Morgan fingerprint density at radius 3 is 2.89 bits per heavy atom. The summed E-state index contributed by atoms with van der Waals surface area (Å²) < 4.78 is 18.2. The number of ether oxygens (including phenoxy) is 1. The van der Waals surface area contributed by atoms with Crippen LogP contribution in [0.15, 0.2) is 30.3 Å². The van der Waals surface area contributed by atoms with Crippen LogP contribution in [0.3, 0.4) is 0 Å². The molecule has 0 bridgehead atoms. The lowest BCUT2D eigenvalue weighted by molar-refractivity contribution is -0.144. The number of esters is 1. The predicted octanol–water partition coefficient (Wildman–Crippen LogP) is 2.73. The van der Waals surface area contributed by atoms with Gasteiger partial charge in [0.15, 0.2) is 0 Å². The molecule has 2 aromatic rings. The van der Waals surface area contributed by atoms with Crippen LogP contribution in [0, 0.1) is 11.7 Å². The largest absolute Gasteiger partial charge is 0.469 e. The number of pyridine rings is 1. The number of halogens is 1. The first kappa shape index (κ1) is 12.5.